The maximum absolute atomic E-state index is 11.0. The number of benzene rings is 1. The summed E-state index contributed by atoms with van der Waals surface area (Å²) in [6.45, 7) is 4.38. The van der Waals surface area contributed by atoms with E-state index in [1.807, 2.05) is 25.1 Å². The fourth-order valence-electron chi connectivity index (χ4n) is 1.40. The number of rotatable bonds is 5. The fourth-order valence-corrected chi connectivity index (χ4v) is 3.59. The molecular formula is C12H14N2O2S2. The lowest BCUT2D eigenvalue weighted by molar-refractivity contribution is -0.117. The molecule has 0 spiro atoms. The van der Waals surface area contributed by atoms with E-state index >= 15 is 0 Å². The maximum atomic E-state index is 11.0. The minimum absolute atomic E-state index is 0.267. The zero-order valence-electron chi connectivity index (χ0n) is 10.2. The standard InChI is InChI=1S/C12H14N2O2S2/c1-3-16-8-4-5-9-10(6-8)18-12(14-9)17-7(2)11(13)15/h4-7H,3H2,1-2H3,(H2,13,15). The molecule has 1 atom stereocenters. The first-order valence-corrected chi connectivity index (χ1v) is 7.29. The smallest absolute Gasteiger partial charge is 0.230 e. The predicted molar refractivity (Wildman–Crippen MR) is 75.3 cm³/mol. The van der Waals surface area contributed by atoms with Gasteiger partial charge in [-0.2, -0.15) is 0 Å². The van der Waals surface area contributed by atoms with Gasteiger partial charge >= 0.3 is 0 Å². The molecule has 0 bridgehead atoms. The minimum atomic E-state index is -0.325. The van der Waals surface area contributed by atoms with Crippen LogP contribution in [0.5, 0.6) is 5.75 Å². The van der Waals surface area contributed by atoms with E-state index < -0.39 is 0 Å². The molecule has 0 aliphatic heterocycles. The molecule has 6 heteroatoms. The van der Waals surface area contributed by atoms with Gasteiger partial charge in [0.05, 0.1) is 22.1 Å². The van der Waals surface area contributed by atoms with E-state index in [0.717, 1.165) is 20.3 Å². The Morgan fingerprint density at radius 3 is 3.06 bits per heavy atom. The van der Waals surface area contributed by atoms with Crippen LogP contribution in [0, 0.1) is 0 Å². The van der Waals surface area contributed by atoms with Crippen molar-refractivity contribution in [2.24, 2.45) is 5.73 Å². The second-order valence-corrected chi connectivity index (χ2v) is 6.32. The van der Waals surface area contributed by atoms with Crippen LogP contribution >= 0.6 is 23.1 Å². The second kappa shape index (κ2) is 5.58. The molecule has 0 aliphatic rings. The summed E-state index contributed by atoms with van der Waals surface area (Å²) in [5.74, 6) is 0.516. The highest BCUT2D eigenvalue weighted by Gasteiger charge is 2.14. The number of hydrogen-bond donors (Lipinski definition) is 1. The first-order chi connectivity index (χ1) is 8.60. The van der Waals surface area contributed by atoms with Crippen LogP contribution in [-0.4, -0.2) is 22.7 Å². The van der Waals surface area contributed by atoms with Crippen molar-refractivity contribution in [3.63, 3.8) is 0 Å². The molecule has 1 aromatic carbocycles. The van der Waals surface area contributed by atoms with Crippen LogP contribution in [0.4, 0.5) is 0 Å². The van der Waals surface area contributed by atoms with Gasteiger partial charge in [0, 0.05) is 0 Å². The van der Waals surface area contributed by atoms with Crippen molar-refractivity contribution in [3.05, 3.63) is 18.2 Å². The Hall–Kier alpha value is -1.27. The molecule has 1 unspecified atom stereocenters. The van der Waals surface area contributed by atoms with E-state index in [-0.39, 0.29) is 11.2 Å². The third-order valence-electron chi connectivity index (χ3n) is 2.33. The molecule has 0 radical (unpaired) electrons. The molecule has 2 aromatic rings. The SMILES string of the molecule is CCOc1ccc2nc(SC(C)C(N)=O)sc2c1. The summed E-state index contributed by atoms with van der Waals surface area (Å²) in [5.41, 5.74) is 6.16. The summed E-state index contributed by atoms with van der Waals surface area (Å²) in [6, 6.07) is 5.79. The number of carbonyl (C=O) groups excluding carboxylic acids is 1. The van der Waals surface area contributed by atoms with Gasteiger partial charge in [-0.25, -0.2) is 4.98 Å². The Morgan fingerprint density at radius 1 is 1.61 bits per heavy atom. The maximum Gasteiger partial charge on any atom is 0.230 e. The monoisotopic (exact) mass is 282 g/mol. The van der Waals surface area contributed by atoms with Gasteiger partial charge in [-0.1, -0.05) is 11.8 Å². The van der Waals surface area contributed by atoms with Crippen molar-refractivity contribution < 1.29 is 9.53 Å². The molecular weight excluding hydrogens is 268 g/mol. The number of fused-ring (bicyclic) bond motifs is 1. The lowest BCUT2D eigenvalue weighted by Gasteiger charge is -2.01. The summed E-state index contributed by atoms with van der Waals surface area (Å²) in [6.07, 6.45) is 0. The summed E-state index contributed by atoms with van der Waals surface area (Å²) in [4.78, 5) is 15.5. The predicted octanol–water partition coefficient (Wildman–Crippen LogP) is 2.66. The second-order valence-electron chi connectivity index (χ2n) is 3.70. The van der Waals surface area contributed by atoms with Crippen LogP contribution in [0.15, 0.2) is 22.5 Å². The molecule has 1 aromatic heterocycles. The quantitative estimate of drug-likeness (QED) is 0.856. The number of aromatic nitrogens is 1. The Balaban J connectivity index is 2.24. The van der Waals surface area contributed by atoms with Crippen molar-refractivity contribution in [2.45, 2.75) is 23.4 Å². The molecule has 4 nitrogen and oxygen atoms in total. The zero-order valence-corrected chi connectivity index (χ0v) is 11.8. The molecule has 96 valence electrons. The van der Waals surface area contributed by atoms with Gasteiger partial charge in [-0.3, -0.25) is 4.79 Å². The minimum Gasteiger partial charge on any atom is -0.494 e. The van der Waals surface area contributed by atoms with Gasteiger partial charge in [0.15, 0.2) is 4.34 Å². The molecule has 0 aliphatic carbocycles. The number of amides is 1. The van der Waals surface area contributed by atoms with Gasteiger partial charge in [0.1, 0.15) is 5.75 Å². The van der Waals surface area contributed by atoms with Crippen molar-refractivity contribution >= 4 is 39.2 Å². The van der Waals surface area contributed by atoms with Crippen LogP contribution < -0.4 is 10.5 Å². The molecule has 0 saturated heterocycles. The molecule has 0 saturated carbocycles. The summed E-state index contributed by atoms with van der Waals surface area (Å²) in [7, 11) is 0. The first kappa shape index (κ1) is 13.2. The van der Waals surface area contributed by atoms with Crippen molar-refractivity contribution in [3.8, 4) is 5.75 Å². The highest BCUT2D eigenvalue weighted by Crippen LogP contribution is 2.33. The van der Waals surface area contributed by atoms with Crippen LogP contribution in [0.1, 0.15) is 13.8 Å². The Labute approximate surface area is 114 Å². The largest absolute Gasteiger partial charge is 0.494 e. The fraction of sp³-hybridized carbons (Fsp3) is 0.333. The number of primary amides is 1. The lowest BCUT2D eigenvalue weighted by atomic mass is 10.3. The first-order valence-electron chi connectivity index (χ1n) is 5.59. The third-order valence-corrected chi connectivity index (χ3v) is 4.56. The number of thiazole rings is 1. The summed E-state index contributed by atoms with van der Waals surface area (Å²) in [5, 5.41) is -0.267. The van der Waals surface area contributed by atoms with Crippen molar-refractivity contribution in [2.75, 3.05) is 6.61 Å². The van der Waals surface area contributed by atoms with Crippen LogP contribution in [0.2, 0.25) is 0 Å². The van der Waals surface area contributed by atoms with Gasteiger partial charge in [0.2, 0.25) is 5.91 Å². The molecule has 2 N–H and O–H groups in total. The van der Waals surface area contributed by atoms with E-state index in [2.05, 4.69) is 4.98 Å². The normalized spacial score (nSPS) is 12.6. The van der Waals surface area contributed by atoms with E-state index in [4.69, 9.17) is 10.5 Å². The summed E-state index contributed by atoms with van der Waals surface area (Å²) < 4.78 is 7.35. The van der Waals surface area contributed by atoms with Crippen molar-refractivity contribution in [1.82, 2.24) is 4.98 Å². The van der Waals surface area contributed by atoms with Crippen LogP contribution in [0.3, 0.4) is 0 Å². The van der Waals surface area contributed by atoms with E-state index in [1.165, 1.54) is 11.8 Å². The Kier molecular flexibility index (Phi) is 4.08. The highest BCUT2D eigenvalue weighted by molar-refractivity contribution is 8.02. The Bertz CT molecular complexity index is 568. The van der Waals surface area contributed by atoms with Gasteiger partial charge in [-0.15, -0.1) is 11.3 Å². The highest BCUT2D eigenvalue weighted by atomic mass is 32.2. The molecule has 2 rings (SSSR count). The van der Waals surface area contributed by atoms with E-state index in [9.17, 15) is 4.79 Å². The molecule has 1 heterocycles. The van der Waals surface area contributed by atoms with Crippen molar-refractivity contribution in [1.29, 1.82) is 0 Å². The number of hydrogen-bond acceptors (Lipinski definition) is 5. The van der Waals surface area contributed by atoms with Crippen LogP contribution in [-0.2, 0) is 4.79 Å². The molecule has 0 fully saturated rings. The number of nitrogens with zero attached hydrogens (tertiary/aromatic N) is 1. The van der Waals surface area contributed by atoms with E-state index in [0.29, 0.717) is 6.61 Å². The number of thioether (sulfide) groups is 1. The van der Waals surface area contributed by atoms with Crippen LogP contribution in [0.25, 0.3) is 10.2 Å². The third kappa shape index (κ3) is 2.94. The average Bonchev–Trinajstić information content (AvgIpc) is 2.70. The molecule has 18 heavy (non-hydrogen) atoms. The molecule has 1 amide bonds. The number of ether oxygens (including phenoxy) is 1. The topological polar surface area (TPSA) is 65.2 Å². The summed E-state index contributed by atoms with van der Waals surface area (Å²) >= 11 is 2.94. The van der Waals surface area contributed by atoms with Gasteiger partial charge < -0.3 is 10.5 Å². The number of nitrogens with two attached hydrogens (primary N) is 1. The lowest BCUT2D eigenvalue weighted by Crippen LogP contribution is -2.22. The van der Waals surface area contributed by atoms with Gasteiger partial charge in [-0.05, 0) is 32.0 Å². The zero-order chi connectivity index (χ0) is 13.1. The van der Waals surface area contributed by atoms with E-state index in [1.54, 1.807) is 18.3 Å². The average molecular weight is 282 g/mol. The Morgan fingerprint density at radius 2 is 2.39 bits per heavy atom. The van der Waals surface area contributed by atoms with Gasteiger partial charge in [0.25, 0.3) is 0 Å². The number of carbonyl (C=O) groups is 1.